The molecule has 1 atom stereocenters. The van der Waals surface area contributed by atoms with Gasteiger partial charge in [-0.05, 0) is 30.6 Å². The Morgan fingerprint density at radius 2 is 2.00 bits per heavy atom. The molecular weight excluding hydrogens is 402 g/mol. The normalized spacial score (nSPS) is 12.2. The fourth-order valence-electron chi connectivity index (χ4n) is 3.11. The highest BCUT2D eigenvalue weighted by atomic mass is 32.2. The summed E-state index contributed by atoms with van der Waals surface area (Å²) in [5, 5.41) is 14.6. The van der Waals surface area contributed by atoms with E-state index in [1.165, 1.54) is 0 Å². The molecule has 0 saturated heterocycles. The predicted molar refractivity (Wildman–Crippen MR) is 118 cm³/mol. The van der Waals surface area contributed by atoms with E-state index in [9.17, 15) is 4.79 Å². The number of hydrogen-bond donors (Lipinski definition) is 1. The van der Waals surface area contributed by atoms with Crippen molar-refractivity contribution in [3.05, 3.63) is 71.6 Å². The zero-order chi connectivity index (χ0) is 20.1. The first kappa shape index (κ1) is 19.6. The van der Waals surface area contributed by atoms with Crippen molar-refractivity contribution in [3.8, 4) is 10.6 Å². The first-order valence-corrected chi connectivity index (χ1v) is 11.6. The van der Waals surface area contributed by atoms with Gasteiger partial charge in [0.05, 0.1) is 18.2 Å². The van der Waals surface area contributed by atoms with E-state index in [0.717, 1.165) is 39.9 Å². The lowest BCUT2D eigenvalue weighted by atomic mass is 10.2. The molecule has 0 aliphatic carbocycles. The number of fused-ring (bicyclic) bond motifs is 1. The Kier molecular flexibility index (Phi) is 6.21. The Morgan fingerprint density at radius 1 is 1.17 bits per heavy atom. The molecule has 4 rings (SSSR count). The highest BCUT2D eigenvalue weighted by molar-refractivity contribution is 7.98. The van der Waals surface area contributed by atoms with Crippen LogP contribution in [0.15, 0.2) is 60.1 Å². The van der Waals surface area contributed by atoms with Crippen LogP contribution in [0.2, 0.25) is 0 Å². The van der Waals surface area contributed by atoms with Crippen LogP contribution in [0.4, 0.5) is 0 Å². The highest BCUT2D eigenvalue weighted by Gasteiger charge is 2.20. The number of nitrogens with one attached hydrogen (secondary N) is 1. The summed E-state index contributed by atoms with van der Waals surface area (Å²) >= 11 is 3.30. The summed E-state index contributed by atoms with van der Waals surface area (Å²) in [6.45, 7) is 0. The van der Waals surface area contributed by atoms with Gasteiger partial charge >= 0.3 is 0 Å². The van der Waals surface area contributed by atoms with E-state index in [0.29, 0.717) is 0 Å². The lowest BCUT2D eigenvalue weighted by Crippen LogP contribution is -2.31. The number of thioether (sulfide) groups is 1. The lowest BCUT2D eigenvalue weighted by molar-refractivity contribution is -0.121. The van der Waals surface area contributed by atoms with Gasteiger partial charge in [-0.25, -0.2) is 4.98 Å². The van der Waals surface area contributed by atoms with Crippen molar-refractivity contribution in [3.63, 3.8) is 0 Å². The average molecular weight is 424 g/mol. The van der Waals surface area contributed by atoms with Crippen LogP contribution in [0.25, 0.3) is 16.2 Å². The van der Waals surface area contributed by atoms with Gasteiger partial charge in [0.15, 0.2) is 11.5 Å². The van der Waals surface area contributed by atoms with Gasteiger partial charge < -0.3 is 5.32 Å². The second-order valence-corrected chi connectivity index (χ2v) is 8.42. The third-order valence-corrected chi connectivity index (χ3v) is 6.10. The van der Waals surface area contributed by atoms with Crippen LogP contribution < -0.4 is 5.32 Å². The lowest BCUT2D eigenvalue weighted by Gasteiger charge is -2.16. The van der Waals surface area contributed by atoms with E-state index >= 15 is 0 Å². The standard InChI is InChI=1S/C21H21N5OS2/c1-28-12-10-17(20-25-24-18-9-5-6-11-26(18)20)23-19(27)13-16-14-29-21(22-16)15-7-3-2-4-8-15/h2-9,11,14,17H,10,12-13H2,1H3,(H,23,27). The average Bonchev–Trinajstić information content (AvgIpc) is 3.39. The van der Waals surface area contributed by atoms with Gasteiger partial charge in [-0.3, -0.25) is 9.20 Å². The molecule has 1 aromatic carbocycles. The Bertz CT molecular complexity index is 1090. The molecule has 1 unspecified atom stereocenters. The van der Waals surface area contributed by atoms with Crippen LogP contribution in [0.5, 0.6) is 0 Å². The van der Waals surface area contributed by atoms with Crippen molar-refractivity contribution in [2.45, 2.75) is 18.9 Å². The molecule has 29 heavy (non-hydrogen) atoms. The van der Waals surface area contributed by atoms with Gasteiger partial charge in [0, 0.05) is 17.1 Å². The van der Waals surface area contributed by atoms with E-state index in [1.54, 1.807) is 23.1 Å². The minimum Gasteiger partial charge on any atom is -0.346 e. The Balaban J connectivity index is 1.48. The van der Waals surface area contributed by atoms with Crippen molar-refractivity contribution >= 4 is 34.7 Å². The summed E-state index contributed by atoms with van der Waals surface area (Å²) in [5.41, 5.74) is 2.62. The van der Waals surface area contributed by atoms with E-state index in [2.05, 4.69) is 26.8 Å². The van der Waals surface area contributed by atoms with Gasteiger partial charge in [-0.1, -0.05) is 36.4 Å². The van der Waals surface area contributed by atoms with Gasteiger partial charge in [-0.2, -0.15) is 11.8 Å². The maximum absolute atomic E-state index is 12.8. The van der Waals surface area contributed by atoms with Gasteiger partial charge in [-0.15, -0.1) is 21.5 Å². The second-order valence-electron chi connectivity index (χ2n) is 6.58. The predicted octanol–water partition coefficient (Wildman–Crippen LogP) is 4.01. The van der Waals surface area contributed by atoms with Crippen LogP contribution >= 0.6 is 23.1 Å². The highest BCUT2D eigenvalue weighted by Crippen LogP contribution is 2.24. The molecule has 4 aromatic rings. The number of amides is 1. The smallest absolute Gasteiger partial charge is 0.226 e. The number of nitrogens with zero attached hydrogens (tertiary/aromatic N) is 4. The Labute approximate surface area is 177 Å². The molecule has 1 N–H and O–H groups in total. The number of hydrogen-bond acceptors (Lipinski definition) is 6. The van der Waals surface area contributed by atoms with Crippen molar-refractivity contribution in [2.75, 3.05) is 12.0 Å². The molecule has 0 radical (unpaired) electrons. The molecule has 0 aliphatic heterocycles. The molecule has 1 amide bonds. The summed E-state index contributed by atoms with van der Waals surface area (Å²) in [6, 6.07) is 15.6. The number of carbonyl (C=O) groups excluding carboxylic acids is 1. The first-order chi connectivity index (χ1) is 14.2. The summed E-state index contributed by atoms with van der Waals surface area (Å²) in [5.74, 6) is 1.61. The van der Waals surface area contributed by atoms with E-state index in [1.807, 2.05) is 64.5 Å². The van der Waals surface area contributed by atoms with E-state index in [-0.39, 0.29) is 18.4 Å². The topological polar surface area (TPSA) is 72.2 Å². The fraction of sp³-hybridized carbons (Fsp3) is 0.238. The monoisotopic (exact) mass is 423 g/mol. The molecule has 6 nitrogen and oxygen atoms in total. The summed E-state index contributed by atoms with van der Waals surface area (Å²) in [6.07, 6.45) is 5.02. The maximum atomic E-state index is 12.8. The van der Waals surface area contributed by atoms with E-state index in [4.69, 9.17) is 0 Å². The van der Waals surface area contributed by atoms with Crippen LogP contribution in [0, 0.1) is 0 Å². The largest absolute Gasteiger partial charge is 0.346 e. The van der Waals surface area contributed by atoms with Gasteiger partial charge in [0.1, 0.15) is 5.01 Å². The van der Waals surface area contributed by atoms with E-state index < -0.39 is 0 Å². The molecule has 0 spiro atoms. The molecule has 3 heterocycles. The zero-order valence-corrected chi connectivity index (χ0v) is 17.6. The zero-order valence-electron chi connectivity index (χ0n) is 16.0. The van der Waals surface area contributed by atoms with Gasteiger partial charge in [0.2, 0.25) is 5.91 Å². The molecule has 148 valence electrons. The number of rotatable bonds is 8. The van der Waals surface area contributed by atoms with Crippen molar-refractivity contribution in [1.82, 2.24) is 24.9 Å². The quantitative estimate of drug-likeness (QED) is 0.464. The Morgan fingerprint density at radius 3 is 2.83 bits per heavy atom. The number of benzene rings is 1. The molecule has 0 bridgehead atoms. The van der Waals surface area contributed by atoms with Crippen LogP contribution in [0.1, 0.15) is 24.0 Å². The van der Waals surface area contributed by atoms with Crippen molar-refractivity contribution in [1.29, 1.82) is 0 Å². The summed E-state index contributed by atoms with van der Waals surface area (Å²) in [4.78, 5) is 17.4. The third kappa shape index (κ3) is 4.65. The summed E-state index contributed by atoms with van der Waals surface area (Å²) in [7, 11) is 0. The number of thiazole rings is 1. The minimum atomic E-state index is -0.195. The number of carbonyl (C=O) groups is 1. The molecule has 8 heteroatoms. The fourth-order valence-corrected chi connectivity index (χ4v) is 4.41. The number of aromatic nitrogens is 4. The molecule has 0 aliphatic rings. The minimum absolute atomic E-state index is 0.0614. The molecule has 3 aromatic heterocycles. The maximum Gasteiger partial charge on any atom is 0.226 e. The molecule has 0 saturated carbocycles. The van der Waals surface area contributed by atoms with Gasteiger partial charge in [0.25, 0.3) is 0 Å². The second kappa shape index (κ2) is 9.19. The van der Waals surface area contributed by atoms with Crippen molar-refractivity contribution in [2.24, 2.45) is 0 Å². The van der Waals surface area contributed by atoms with Crippen LogP contribution in [-0.4, -0.2) is 37.5 Å². The summed E-state index contributed by atoms with van der Waals surface area (Å²) < 4.78 is 1.93. The first-order valence-electron chi connectivity index (χ1n) is 9.32. The molecular formula is C21H21N5OS2. The third-order valence-electron chi connectivity index (χ3n) is 4.51. The van der Waals surface area contributed by atoms with Crippen LogP contribution in [0.3, 0.4) is 0 Å². The van der Waals surface area contributed by atoms with Crippen LogP contribution in [-0.2, 0) is 11.2 Å². The molecule has 0 fully saturated rings. The van der Waals surface area contributed by atoms with Crippen molar-refractivity contribution < 1.29 is 4.79 Å². The SMILES string of the molecule is CSCCC(NC(=O)Cc1csc(-c2ccccc2)n1)c1nnc2ccccn12. The number of pyridine rings is 1. The Hall–Kier alpha value is -2.71.